The second-order valence-electron chi connectivity index (χ2n) is 3.04. The summed E-state index contributed by atoms with van der Waals surface area (Å²) in [5.41, 5.74) is 1.07. The summed E-state index contributed by atoms with van der Waals surface area (Å²) < 4.78 is 0. The lowest BCUT2D eigenvalue weighted by Gasteiger charge is -2.12. The smallest absolute Gasteiger partial charge is 0.299 e. The van der Waals surface area contributed by atoms with E-state index < -0.39 is 11.7 Å². The number of benzene rings is 1. The van der Waals surface area contributed by atoms with Crippen molar-refractivity contribution in [3.05, 3.63) is 28.8 Å². The molecule has 1 heterocycles. The van der Waals surface area contributed by atoms with Gasteiger partial charge < -0.3 is 4.90 Å². The monoisotopic (exact) mass is 209 g/mol. The summed E-state index contributed by atoms with van der Waals surface area (Å²) in [6.07, 6.45) is 0. The lowest BCUT2D eigenvalue weighted by molar-refractivity contribution is -0.114. The van der Waals surface area contributed by atoms with E-state index in [4.69, 9.17) is 11.6 Å². The number of rotatable bonds is 1. The van der Waals surface area contributed by atoms with Gasteiger partial charge in [0.1, 0.15) is 0 Å². The average Bonchev–Trinajstić information content (AvgIpc) is 2.39. The summed E-state index contributed by atoms with van der Waals surface area (Å²) in [4.78, 5) is 24.3. The van der Waals surface area contributed by atoms with E-state index >= 15 is 0 Å². The Hall–Kier alpha value is -1.35. The molecule has 0 radical (unpaired) electrons. The predicted octanol–water partition coefficient (Wildman–Crippen LogP) is 1.89. The van der Waals surface area contributed by atoms with Gasteiger partial charge in [0.15, 0.2) is 0 Å². The number of halogens is 1. The fraction of sp³-hybridized carbons (Fsp3) is 0.200. The van der Waals surface area contributed by atoms with Crippen LogP contribution in [0.5, 0.6) is 0 Å². The normalized spacial score (nSPS) is 14.9. The van der Waals surface area contributed by atoms with Crippen molar-refractivity contribution in [2.45, 2.75) is 6.92 Å². The van der Waals surface area contributed by atoms with Crippen LogP contribution in [0.15, 0.2) is 18.2 Å². The molecule has 0 bridgehead atoms. The molecule has 1 aliphatic heterocycles. The minimum Gasteiger partial charge on any atom is -0.305 e. The van der Waals surface area contributed by atoms with Gasteiger partial charge in [0.25, 0.3) is 11.7 Å². The summed E-state index contributed by atoms with van der Waals surface area (Å²) in [6.45, 7) is 2.30. The maximum Gasteiger partial charge on any atom is 0.299 e. The maximum absolute atomic E-state index is 11.4. The van der Waals surface area contributed by atoms with Crippen molar-refractivity contribution in [2.75, 3.05) is 11.4 Å². The van der Waals surface area contributed by atoms with Crippen molar-refractivity contribution in [1.29, 1.82) is 0 Å². The third kappa shape index (κ3) is 1.13. The minimum atomic E-state index is -0.468. The highest BCUT2D eigenvalue weighted by Crippen LogP contribution is 2.30. The molecule has 4 heteroatoms. The average molecular weight is 210 g/mol. The van der Waals surface area contributed by atoms with E-state index in [1.54, 1.807) is 18.2 Å². The highest BCUT2D eigenvalue weighted by atomic mass is 35.5. The van der Waals surface area contributed by atoms with E-state index in [0.29, 0.717) is 22.8 Å². The van der Waals surface area contributed by atoms with Gasteiger partial charge >= 0.3 is 0 Å². The zero-order valence-corrected chi connectivity index (χ0v) is 8.34. The van der Waals surface area contributed by atoms with Crippen molar-refractivity contribution < 1.29 is 9.59 Å². The number of anilines is 1. The number of amides is 1. The molecular formula is C10H8ClNO2. The van der Waals surface area contributed by atoms with Gasteiger partial charge in [-0.1, -0.05) is 11.6 Å². The molecule has 0 aliphatic carbocycles. The van der Waals surface area contributed by atoms with Crippen LogP contribution >= 0.6 is 11.6 Å². The molecule has 0 saturated heterocycles. The van der Waals surface area contributed by atoms with Crippen molar-refractivity contribution >= 4 is 29.0 Å². The van der Waals surface area contributed by atoms with Gasteiger partial charge in [0.05, 0.1) is 11.3 Å². The molecule has 0 spiro atoms. The number of hydrogen-bond donors (Lipinski definition) is 0. The number of Topliss-reactive ketones (excluding diaryl/α,β-unsaturated/α-hetero) is 1. The second kappa shape index (κ2) is 3.10. The lowest BCUT2D eigenvalue weighted by Crippen LogP contribution is -2.29. The number of hydrogen-bond acceptors (Lipinski definition) is 2. The van der Waals surface area contributed by atoms with Crippen molar-refractivity contribution in [3.63, 3.8) is 0 Å². The fourth-order valence-electron chi connectivity index (χ4n) is 1.58. The van der Waals surface area contributed by atoms with E-state index in [1.807, 2.05) is 6.92 Å². The Bertz CT molecular complexity index is 428. The number of carbonyl (C=O) groups is 2. The van der Waals surface area contributed by atoms with Crippen LogP contribution in [0.1, 0.15) is 17.3 Å². The minimum absolute atomic E-state index is 0.446. The Kier molecular flexibility index (Phi) is 2.04. The number of nitrogens with zero attached hydrogens (tertiary/aromatic N) is 1. The first-order chi connectivity index (χ1) is 6.65. The van der Waals surface area contributed by atoms with Crippen LogP contribution in [-0.4, -0.2) is 18.2 Å². The first kappa shape index (κ1) is 9.21. The molecule has 1 aromatic carbocycles. The molecule has 0 unspecified atom stereocenters. The summed E-state index contributed by atoms with van der Waals surface area (Å²) in [7, 11) is 0. The van der Waals surface area contributed by atoms with Crippen LogP contribution in [0.2, 0.25) is 5.02 Å². The number of fused-ring (bicyclic) bond motifs is 1. The van der Waals surface area contributed by atoms with Gasteiger partial charge in [0.2, 0.25) is 0 Å². The highest BCUT2D eigenvalue weighted by molar-refractivity contribution is 6.52. The summed E-state index contributed by atoms with van der Waals surface area (Å²) >= 11 is 5.79. The van der Waals surface area contributed by atoms with E-state index in [-0.39, 0.29) is 0 Å². The molecule has 0 aromatic heterocycles. The molecule has 1 amide bonds. The molecular weight excluding hydrogens is 202 g/mol. The van der Waals surface area contributed by atoms with Crippen molar-refractivity contribution in [3.8, 4) is 0 Å². The van der Waals surface area contributed by atoms with Gasteiger partial charge in [0, 0.05) is 11.6 Å². The summed E-state index contributed by atoms with van der Waals surface area (Å²) in [5.74, 6) is -0.914. The van der Waals surface area contributed by atoms with E-state index in [9.17, 15) is 9.59 Å². The maximum atomic E-state index is 11.4. The molecule has 0 atom stereocenters. The van der Waals surface area contributed by atoms with Gasteiger partial charge in [-0.25, -0.2) is 0 Å². The molecule has 1 aromatic rings. The van der Waals surface area contributed by atoms with Gasteiger partial charge in [-0.2, -0.15) is 0 Å². The SMILES string of the molecule is CCN1C(=O)C(=O)c2ccc(Cl)cc21. The van der Waals surface area contributed by atoms with Crippen molar-refractivity contribution in [1.82, 2.24) is 0 Å². The van der Waals surface area contributed by atoms with Crippen LogP contribution in [0.25, 0.3) is 0 Å². The van der Waals surface area contributed by atoms with E-state index in [2.05, 4.69) is 0 Å². The summed E-state index contributed by atoms with van der Waals surface area (Å²) in [5, 5.41) is 0.532. The molecule has 0 saturated carbocycles. The number of carbonyl (C=O) groups excluding carboxylic acids is 2. The van der Waals surface area contributed by atoms with Crippen LogP contribution in [0, 0.1) is 0 Å². The Morgan fingerprint density at radius 3 is 2.71 bits per heavy atom. The molecule has 1 aliphatic rings. The second-order valence-corrected chi connectivity index (χ2v) is 3.48. The molecule has 3 nitrogen and oxygen atoms in total. The van der Waals surface area contributed by atoms with Gasteiger partial charge in [-0.05, 0) is 25.1 Å². The third-order valence-electron chi connectivity index (χ3n) is 2.25. The number of likely N-dealkylation sites (N-methyl/N-ethyl adjacent to an activating group) is 1. The van der Waals surface area contributed by atoms with Crippen LogP contribution < -0.4 is 4.90 Å². The van der Waals surface area contributed by atoms with Gasteiger partial charge in [-0.3, -0.25) is 9.59 Å². The largest absolute Gasteiger partial charge is 0.305 e. The Balaban J connectivity index is 2.62. The Labute approximate surface area is 86.3 Å². The molecule has 14 heavy (non-hydrogen) atoms. The lowest BCUT2D eigenvalue weighted by atomic mass is 10.1. The predicted molar refractivity (Wildman–Crippen MR) is 53.8 cm³/mol. The van der Waals surface area contributed by atoms with E-state index in [0.717, 1.165) is 0 Å². The standard InChI is InChI=1S/C10H8ClNO2/c1-2-12-8-5-6(11)3-4-7(8)9(13)10(12)14/h3-5H,2H2,1H3. The topological polar surface area (TPSA) is 37.4 Å². The van der Waals surface area contributed by atoms with Crippen LogP contribution in [0.3, 0.4) is 0 Å². The summed E-state index contributed by atoms with van der Waals surface area (Å²) in [6, 6.07) is 4.85. The Morgan fingerprint density at radius 2 is 2.07 bits per heavy atom. The third-order valence-corrected chi connectivity index (χ3v) is 2.49. The molecule has 0 N–H and O–H groups in total. The van der Waals surface area contributed by atoms with Crippen molar-refractivity contribution in [2.24, 2.45) is 0 Å². The van der Waals surface area contributed by atoms with Crippen LogP contribution in [0.4, 0.5) is 5.69 Å². The van der Waals surface area contributed by atoms with E-state index in [1.165, 1.54) is 4.90 Å². The van der Waals surface area contributed by atoms with Gasteiger partial charge in [-0.15, -0.1) is 0 Å². The molecule has 72 valence electrons. The molecule has 2 rings (SSSR count). The zero-order valence-electron chi connectivity index (χ0n) is 7.58. The number of ketones is 1. The Morgan fingerprint density at radius 1 is 1.36 bits per heavy atom. The van der Waals surface area contributed by atoms with Crippen LogP contribution in [-0.2, 0) is 4.79 Å². The highest BCUT2D eigenvalue weighted by Gasteiger charge is 2.34. The fourth-order valence-corrected chi connectivity index (χ4v) is 1.75. The zero-order chi connectivity index (χ0) is 10.3. The first-order valence-corrected chi connectivity index (χ1v) is 4.68. The molecule has 0 fully saturated rings. The quantitative estimate of drug-likeness (QED) is 0.663. The first-order valence-electron chi connectivity index (χ1n) is 4.31.